The number of rotatable bonds is 2. The third-order valence-corrected chi connectivity index (χ3v) is 5.23. The second kappa shape index (κ2) is 4.53. The van der Waals surface area contributed by atoms with Crippen LogP contribution >= 0.6 is 0 Å². The molecule has 0 unspecified atom stereocenters. The lowest BCUT2D eigenvalue weighted by atomic mass is 9.99. The van der Waals surface area contributed by atoms with Crippen LogP contribution in [0.5, 0.6) is 0 Å². The second-order valence-corrected chi connectivity index (χ2v) is 6.44. The molecule has 96 valence electrons. The number of hydrogen-bond acceptors (Lipinski definition) is 4. The lowest BCUT2D eigenvalue weighted by Crippen LogP contribution is -2.51. The van der Waals surface area contributed by atoms with Gasteiger partial charge in [0.15, 0.2) is 9.84 Å². The van der Waals surface area contributed by atoms with Crippen LogP contribution in [0.1, 0.15) is 13.3 Å². The lowest BCUT2D eigenvalue weighted by Gasteiger charge is -2.26. The van der Waals surface area contributed by atoms with Gasteiger partial charge in [-0.05, 0) is 18.1 Å². The van der Waals surface area contributed by atoms with Crippen molar-refractivity contribution < 1.29 is 18.0 Å². The molecule has 2 atom stereocenters. The first-order valence-electron chi connectivity index (χ1n) is 5.55. The van der Waals surface area contributed by atoms with Crippen molar-refractivity contribution in [3.63, 3.8) is 0 Å². The van der Waals surface area contributed by atoms with Crippen LogP contribution in [0, 0.1) is 5.92 Å². The first kappa shape index (κ1) is 12.8. The number of piperidine rings is 1. The van der Waals surface area contributed by atoms with E-state index in [1.54, 1.807) is 25.1 Å². The van der Waals surface area contributed by atoms with Gasteiger partial charge in [-0.15, -0.1) is 0 Å². The summed E-state index contributed by atoms with van der Waals surface area (Å²) in [6, 6.07) is 7.80. The van der Waals surface area contributed by atoms with E-state index in [1.165, 1.54) is 12.1 Å². The van der Waals surface area contributed by atoms with Gasteiger partial charge in [0, 0.05) is 6.42 Å². The number of sulfone groups is 1. The van der Waals surface area contributed by atoms with Gasteiger partial charge in [0.05, 0.1) is 4.90 Å². The van der Waals surface area contributed by atoms with E-state index in [4.69, 9.17) is 0 Å². The minimum atomic E-state index is -3.75. The molecule has 6 heteroatoms. The molecule has 0 spiro atoms. The van der Waals surface area contributed by atoms with E-state index < -0.39 is 32.8 Å². The van der Waals surface area contributed by atoms with E-state index in [0.717, 1.165) is 0 Å². The number of carbonyl (C=O) groups is 2. The van der Waals surface area contributed by atoms with E-state index in [1.807, 2.05) is 0 Å². The van der Waals surface area contributed by atoms with Crippen LogP contribution in [0.15, 0.2) is 35.2 Å². The van der Waals surface area contributed by atoms with Gasteiger partial charge in [-0.3, -0.25) is 14.9 Å². The lowest BCUT2D eigenvalue weighted by molar-refractivity contribution is -0.134. The average molecular weight is 267 g/mol. The molecule has 1 saturated heterocycles. The Morgan fingerprint density at radius 3 is 2.33 bits per heavy atom. The standard InChI is InChI=1S/C12H13NO4S/c1-8-7-10(14)13-12(15)11(8)18(16,17)9-5-3-2-4-6-9/h2-6,8,11H,7H2,1H3,(H,13,14,15)/t8-,11+/m0/s1. The maximum absolute atomic E-state index is 12.3. The van der Waals surface area contributed by atoms with Crippen LogP contribution < -0.4 is 5.32 Å². The third kappa shape index (κ3) is 2.15. The van der Waals surface area contributed by atoms with E-state index in [2.05, 4.69) is 5.32 Å². The van der Waals surface area contributed by atoms with Gasteiger partial charge in [-0.2, -0.15) is 0 Å². The highest BCUT2D eigenvalue weighted by molar-refractivity contribution is 7.92. The summed E-state index contributed by atoms with van der Waals surface area (Å²) < 4.78 is 24.7. The summed E-state index contributed by atoms with van der Waals surface area (Å²) in [7, 11) is -3.75. The van der Waals surface area contributed by atoms with Crippen LogP contribution in [0.25, 0.3) is 0 Å². The fourth-order valence-electron chi connectivity index (χ4n) is 2.12. The summed E-state index contributed by atoms with van der Waals surface area (Å²) in [6.45, 7) is 1.60. The molecule has 1 fully saturated rings. The van der Waals surface area contributed by atoms with Crippen LogP contribution in [0.2, 0.25) is 0 Å². The maximum Gasteiger partial charge on any atom is 0.245 e. The number of hydrogen-bond donors (Lipinski definition) is 1. The molecule has 0 bridgehead atoms. The fraction of sp³-hybridized carbons (Fsp3) is 0.333. The Bertz CT molecular complexity index is 579. The number of amides is 2. The molecule has 0 aromatic heterocycles. The summed E-state index contributed by atoms with van der Waals surface area (Å²) in [4.78, 5) is 23.0. The van der Waals surface area contributed by atoms with Crippen molar-refractivity contribution in [2.24, 2.45) is 5.92 Å². The van der Waals surface area contributed by atoms with Crippen molar-refractivity contribution >= 4 is 21.7 Å². The largest absolute Gasteiger partial charge is 0.295 e. The quantitative estimate of drug-likeness (QED) is 0.792. The number of imide groups is 1. The molecule has 1 N–H and O–H groups in total. The van der Waals surface area contributed by atoms with E-state index in [-0.39, 0.29) is 11.3 Å². The second-order valence-electron chi connectivity index (χ2n) is 4.37. The molecule has 1 aliphatic rings. The molecule has 0 saturated carbocycles. The molecule has 18 heavy (non-hydrogen) atoms. The Hall–Kier alpha value is -1.69. The number of carbonyl (C=O) groups excluding carboxylic acids is 2. The highest BCUT2D eigenvalue weighted by Crippen LogP contribution is 2.26. The van der Waals surface area contributed by atoms with E-state index >= 15 is 0 Å². The van der Waals surface area contributed by atoms with Gasteiger partial charge in [0.25, 0.3) is 0 Å². The zero-order valence-electron chi connectivity index (χ0n) is 9.79. The Kier molecular flexibility index (Phi) is 3.21. The van der Waals surface area contributed by atoms with Crippen molar-refractivity contribution in [1.29, 1.82) is 0 Å². The minimum absolute atomic E-state index is 0.0441. The minimum Gasteiger partial charge on any atom is -0.295 e. The molecule has 1 heterocycles. The Morgan fingerprint density at radius 1 is 1.17 bits per heavy atom. The van der Waals surface area contributed by atoms with Gasteiger partial charge < -0.3 is 0 Å². The zero-order valence-corrected chi connectivity index (χ0v) is 10.6. The maximum atomic E-state index is 12.3. The topological polar surface area (TPSA) is 80.3 Å². The molecule has 1 aromatic rings. The molecule has 5 nitrogen and oxygen atoms in total. The highest BCUT2D eigenvalue weighted by Gasteiger charge is 2.42. The monoisotopic (exact) mass is 267 g/mol. The Labute approximate surface area is 105 Å². The molecular formula is C12H13NO4S. The van der Waals surface area contributed by atoms with Gasteiger partial charge in [-0.25, -0.2) is 8.42 Å². The van der Waals surface area contributed by atoms with E-state index in [0.29, 0.717) is 0 Å². The van der Waals surface area contributed by atoms with E-state index in [9.17, 15) is 18.0 Å². The highest BCUT2D eigenvalue weighted by atomic mass is 32.2. The Balaban J connectivity index is 2.42. The molecule has 2 amide bonds. The summed E-state index contributed by atoms with van der Waals surface area (Å²) >= 11 is 0. The third-order valence-electron chi connectivity index (χ3n) is 2.95. The zero-order chi connectivity index (χ0) is 13.3. The first-order chi connectivity index (χ1) is 8.43. The smallest absolute Gasteiger partial charge is 0.245 e. The average Bonchev–Trinajstić information content (AvgIpc) is 2.28. The van der Waals surface area contributed by atoms with Crippen molar-refractivity contribution in [3.05, 3.63) is 30.3 Å². The summed E-state index contributed by atoms with van der Waals surface area (Å²) in [6.07, 6.45) is 0.0441. The fourth-order valence-corrected chi connectivity index (χ4v) is 4.00. The van der Waals surface area contributed by atoms with Crippen LogP contribution in [-0.2, 0) is 19.4 Å². The summed E-state index contributed by atoms with van der Waals surface area (Å²) in [5, 5.41) is 0.882. The predicted octanol–water partition coefficient (Wildman–Crippen LogP) is 0.511. The van der Waals surface area contributed by atoms with Gasteiger partial charge in [-0.1, -0.05) is 25.1 Å². The van der Waals surface area contributed by atoms with Crippen LogP contribution in [0.4, 0.5) is 0 Å². The summed E-state index contributed by atoms with van der Waals surface area (Å²) in [5.41, 5.74) is 0. The summed E-state index contributed by atoms with van der Waals surface area (Å²) in [5.74, 6) is -1.67. The molecular weight excluding hydrogens is 254 g/mol. The number of benzene rings is 1. The van der Waals surface area contributed by atoms with Crippen LogP contribution in [-0.4, -0.2) is 25.5 Å². The molecule has 1 aromatic carbocycles. The number of nitrogens with one attached hydrogen (secondary N) is 1. The molecule has 0 radical (unpaired) electrons. The normalized spacial score (nSPS) is 24.7. The first-order valence-corrected chi connectivity index (χ1v) is 7.10. The SMILES string of the molecule is C[C@H]1CC(=O)NC(=O)[C@@H]1S(=O)(=O)c1ccccc1. The molecule has 2 rings (SSSR count). The van der Waals surface area contributed by atoms with Crippen molar-refractivity contribution in [1.82, 2.24) is 5.32 Å². The Morgan fingerprint density at radius 2 is 1.78 bits per heavy atom. The molecule has 0 aliphatic carbocycles. The van der Waals surface area contributed by atoms with Gasteiger partial charge >= 0.3 is 0 Å². The van der Waals surface area contributed by atoms with Crippen molar-refractivity contribution in [3.8, 4) is 0 Å². The van der Waals surface area contributed by atoms with Gasteiger partial charge in [0.2, 0.25) is 11.8 Å². The van der Waals surface area contributed by atoms with Crippen LogP contribution in [0.3, 0.4) is 0 Å². The van der Waals surface area contributed by atoms with Gasteiger partial charge in [0.1, 0.15) is 5.25 Å². The predicted molar refractivity (Wildman–Crippen MR) is 64.3 cm³/mol. The van der Waals surface area contributed by atoms with Crippen molar-refractivity contribution in [2.75, 3.05) is 0 Å². The van der Waals surface area contributed by atoms with Crippen molar-refractivity contribution in [2.45, 2.75) is 23.5 Å². The molecule has 1 aliphatic heterocycles.